The molecule has 1 aliphatic rings. The molecule has 0 unspecified atom stereocenters. The molecule has 128 valence electrons. The van der Waals surface area contributed by atoms with Crippen LogP contribution in [0.1, 0.15) is 31.9 Å². The minimum Gasteiger partial charge on any atom is -0.497 e. The molecule has 1 fully saturated rings. The van der Waals surface area contributed by atoms with Crippen LogP contribution in [0.5, 0.6) is 11.5 Å². The maximum absolute atomic E-state index is 12.1. The zero-order valence-electron chi connectivity index (χ0n) is 14.2. The molecule has 0 spiro atoms. The molecule has 0 saturated heterocycles. The number of methoxy groups -OCH3 is 2. The van der Waals surface area contributed by atoms with Crippen LogP contribution in [-0.4, -0.2) is 36.2 Å². The van der Waals surface area contributed by atoms with Crippen molar-refractivity contribution in [3.05, 3.63) is 30.0 Å². The number of hydrogen-bond donors (Lipinski definition) is 0. The SMILES string of the molecule is CCC(=O)N(Cc1cc(-c2ccc(OC)cc2OC)on1)C1CC1. The fraction of sp³-hybridized carbons (Fsp3) is 0.444. The van der Waals surface area contributed by atoms with Gasteiger partial charge in [-0.15, -0.1) is 0 Å². The van der Waals surface area contributed by atoms with E-state index >= 15 is 0 Å². The molecular weight excluding hydrogens is 308 g/mol. The first-order valence-corrected chi connectivity index (χ1v) is 8.13. The molecule has 24 heavy (non-hydrogen) atoms. The molecule has 0 N–H and O–H groups in total. The zero-order valence-corrected chi connectivity index (χ0v) is 14.2. The largest absolute Gasteiger partial charge is 0.497 e. The number of ether oxygens (including phenoxy) is 2. The van der Waals surface area contributed by atoms with Crippen molar-refractivity contribution in [2.45, 2.75) is 38.8 Å². The molecule has 1 aromatic carbocycles. The van der Waals surface area contributed by atoms with E-state index in [9.17, 15) is 4.79 Å². The third kappa shape index (κ3) is 3.37. The predicted molar refractivity (Wildman–Crippen MR) is 88.9 cm³/mol. The van der Waals surface area contributed by atoms with Gasteiger partial charge in [-0.05, 0) is 25.0 Å². The van der Waals surface area contributed by atoms with Gasteiger partial charge in [-0.1, -0.05) is 12.1 Å². The van der Waals surface area contributed by atoms with Crippen LogP contribution in [0, 0.1) is 0 Å². The molecule has 2 aromatic rings. The van der Waals surface area contributed by atoms with Gasteiger partial charge in [0, 0.05) is 24.6 Å². The van der Waals surface area contributed by atoms with Crippen molar-refractivity contribution in [3.63, 3.8) is 0 Å². The van der Waals surface area contributed by atoms with Crippen molar-refractivity contribution in [1.82, 2.24) is 10.1 Å². The quantitative estimate of drug-likeness (QED) is 0.779. The van der Waals surface area contributed by atoms with Gasteiger partial charge in [0.1, 0.15) is 17.2 Å². The van der Waals surface area contributed by atoms with E-state index in [2.05, 4.69) is 5.16 Å². The van der Waals surface area contributed by atoms with Crippen LogP contribution >= 0.6 is 0 Å². The van der Waals surface area contributed by atoms with E-state index in [0.717, 1.165) is 24.1 Å². The molecule has 6 heteroatoms. The third-order valence-electron chi connectivity index (χ3n) is 4.18. The van der Waals surface area contributed by atoms with Crippen molar-refractivity contribution in [3.8, 4) is 22.8 Å². The highest BCUT2D eigenvalue weighted by Crippen LogP contribution is 2.34. The summed E-state index contributed by atoms with van der Waals surface area (Å²) in [5.74, 6) is 2.14. The standard InChI is InChI=1S/C18H22N2O4/c1-4-18(21)20(13-5-6-13)11-12-9-17(24-19-12)15-8-7-14(22-2)10-16(15)23-3/h7-10,13H,4-6,11H2,1-3H3. The fourth-order valence-electron chi connectivity index (χ4n) is 2.70. The molecule has 1 aliphatic carbocycles. The first-order valence-electron chi connectivity index (χ1n) is 8.13. The average molecular weight is 330 g/mol. The van der Waals surface area contributed by atoms with Crippen molar-refractivity contribution in [2.75, 3.05) is 14.2 Å². The van der Waals surface area contributed by atoms with E-state index in [1.165, 1.54) is 0 Å². The molecular formula is C18H22N2O4. The first-order chi connectivity index (χ1) is 11.7. The Morgan fingerprint density at radius 3 is 2.71 bits per heavy atom. The Morgan fingerprint density at radius 1 is 1.29 bits per heavy atom. The highest BCUT2D eigenvalue weighted by molar-refractivity contribution is 5.76. The minimum absolute atomic E-state index is 0.157. The van der Waals surface area contributed by atoms with Crippen molar-refractivity contribution < 1.29 is 18.8 Å². The van der Waals surface area contributed by atoms with E-state index in [-0.39, 0.29) is 5.91 Å². The lowest BCUT2D eigenvalue weighted by molar-refractivity contribution is -0.132. The molecule has 1 aromatic heterocycles. The van der Waals surface area contributed by atoms with Gasteiger partial charge >= 0.3 is 0 Å². The van der Waals surface area contributed by atoms with E-state index in [1.54, 1.807) is 20.3 Å². The Labute approximate surface area is 141 Å². The van der Waals surface area contributed by atoms with Gasteiger partial charge in [0.25, 0.3) is 0 Å². The highest BCUT2D eigenvalue weighted by atomic mass is 16.5. The molecule has 1 amide bonds. The summed E-state index contributed by atoms with van der Waals surface area (Å²) in [5.41, 5.74) is 1.55. The van der Waals surface area contributed by atoms with Gasteiger partial charge in [0.05, 0.1) is 26.3 Å². The van der Waals surface area contributed by atoms with Gasteiger partial charge in [-0.25, -0.2) is 0 Å². The summed E-state index contributed by atoms with van der Waals surface area (Å²) in [4.78, 5) is 14.0. The molecule has 0 bridgehead atoms. The monoisotopic (exact) mass is 330 g/mol. The summed E-state index contributed by atoms with van der Waals surface area (Å²) >= 11 is 0. The second-order valence-electron chi connectivity index (χ2n) is 5.86. The Hall–Kier alpha value is -2.50. The number of rotatable bonds is 7. The lowest BCUT2D eigenvalue weighted by Crippen LogP contribution is -2.31. The topological polar surface area (TPSA) is 64.8 Å². The van der Waals surface area contributed by atoms with Crippen LogP contribution in [0.15, 0.2) is 28.8 Å². The van der Waals surface area contributed by atoms with Gasteiger partial charge in [-0.2, -0.15) is 0 Å². The Bertz CT molecular complexity index is 722. The number of benzene rings is 1. The second kappa shape index (κ2) is 6.95. The summed E-state index contributed by atoms with van der Waals surface area (Å²) < 4.78 is 16.1. The average Bonchev–Trinajstić information content (AvgIpc) is 3.36. The number of carbonyl (C=O) groups is 1. The van der Waals surface area contributed by atoms with Gasteiger partial charge in [0.2, 0.25) is 5.91 Å². The van der Waals surface area contributed by atoms with E-state index < -0.39 is 0 Å². The Kier molecular flexibility index (Phi) is 4.74. The van der Waals surface area contributed by atoms with Crippen LogP contribution in [-0.2, 0) is 11.3 Å². The number of carbonyl (C=O) groups excluding carboxylic acids is 1. The first kappa shape index (κ1) is 16.4. The fourth-order valence-corrected chi connectivity index (χ4v) is 2.70. The summed E-state index contributed by atoms with van der Waals surface area (Å²) in [6, 6.07) is 7.74. The molecule has 0 aliphatic heterocycles. The molecule has 6 nitrogen and oxygen atoms in total. The Morgan fingerprint density at radius 2 is 2.08 bits per heavy atom. The van der Waals surface area contributed by atoms with E-state index in [1.807, 2.05) is 30.0 Å². The van der Waals surface area contributed by atoms with Crippen LogP contribution < -0.4 is 9.47 Å². The number of hydrogen-bond acceptors (Lipinski definition) is 5. The molecule has 0 radical (unpaired) electrons. The molecule has 1 saturated carbocycles. The summed E-state index contributed by atoms with van der Waals surface area (Å²) in [5, 5.41) is 4.12. The van der Waals surface area contributed by atoms with Crippen molar-refractivity contribution in [1.29, 1.82) is 0 Å². The predicted octanol–water partition coefficient (Wildman–Crippen LogP) is 3.26. The van der Waals surface area contributed by atoms with E-state index in [0.29, 0.717) is 36.3 Å². The summed E-state index contributed by atoms with van der Waals surface area (Å²) in [6.45, 7) is 2.37. The van der Waals surface area contributed by atoms with Crippen LogP contribution in [0.25, 0.3) is 11.3 Å². The van der Waals surface area contributed by atoms with Gasteiger partial charge < -0.3 is 18.9 Å². The third-order valence-corrected chi connectivity index (χ3v) is 4.18. The second-order valence-corrected chi connectivity index (χ2v) is 5.86. The number of nitrogens with zero attached hydrogens (tertiary/aromatic N) is 2. The van der Waals surface area contributed by atoms with Crippen LogP contribution in [0.4, 0.5) is 0 Å². The molecule has 3 rings (SSSR count). The summed E-state index contributed by atoms with van der Waals surface area (Å²) in [7, 11) is 3.21. The zero-order chi connectivity index (χ0) is 17.1. The lowest BCUT2D eigenvalue weighted by Gasteiger charge is -2.20. The maximum atomic E-state index is 12.1. The highest BCUT2D eigenvalue weighted by Gasteiger charge is 2.32. The normalized spacial score (nSPS) is 13.6. The van der Waals surface area contributed by atoms with E-state index in [4.69, 9.17) is 14.0 Å². The molecule has 1 heterocycles. The summed E-state index contributed by atoms with van der Waals surface area (Å²) in [6.07, 6.45) is 2.65. The Balaban J connectivity index is 1.81. The number of aromatic nitrogens is 1. The van der Waals surface area contributed by atoms with Crippen molar-refractivity contribution in [2.24, 2.45) is 0 Å². The van der Waals surface area contributed by atoms with Gasteiger partial charge in [-0.3, -0.25) is 4.79 Å². The van der Waals surface area contributed by atoms with Crippen LogP contribution in [0.2, 0.25) is 0 Å². The van der Waals surface area contributed by atoms with Crippen molar-refractivity contribution >= 4 is 5.91 Å². The smallest absolute Gasteiger partial charge is 0.222 e. The maximum Gasteiger partial charge on any atom is 0.222 e. The lowest BCUT2D eigenvalue weighted by atomic mass is 10.1. The molecule has 0 atom stereocenters. The number of amides is 1. The van der Waals surface area contributed by atoms with Gasteiger partial charge in [0.15, 0.2) is 5.76 Å². The van der Waals surface area contributed by atoms with Crippen LogP contribution in [0.3, 0.4) is 0 Å². The minimum atomic E-state index is 0.157.